The van der Waals surface area contributed by atoms with Crippen LogP contribution in [-0.2, 0) is 0 Å². The summed E-state index contributed by atoms with van der Waals surface area (Å²) in [5.74, 6) is -0.187. The van der Waals surface area contributed by atoms with Gasteiger partial charge in [-0.3, -0.25) is 4.79 Å². The molecule has 6 nitrogen and oxygen atoms in total. The molecule has 0 aliphatic carbocycles. The van der Waals surface area contributed by atoms with E-state index in [2.05, 4.69) is 20.7 Å². The molecule has 0 spiro atoms. The minimum absolute atomic E-state index is 0.183. The Bertz CT molecular complexity index is 549. The van der Waals surface area contributed by atoms with Gasteiger partial charge in [0, 0.05) is 11.3 Å². The fourth-order valence-electron chi connectivity index (χ4n) is 1.47. The van der Waals surface area contributed by atoms with Gasteiger partial charge in [-0.05, 0) is 25.5 Å². The standard InChI is InChI=1S/C11H12N4O2/c1-6-3-4-8(7(2)10(6)16)13-11(17)9-5-12-15-14-9/h3-5,16H,1-2H3,(H,13,17)(H,12,14,15). The third-order valence-corrected chi connectivity index (χ3v) is 2.53. The molecule has 0 bridgehead atoms. The van der Waals surface area contributed by atoms with E-state index in [0.717, 1.165) is 5.56 Å². The Morgan fingerprint density at radius 2 is 2.18 bits per heavy atom. The summed E-state index contributed by atoms with van der Waals surface area (Å²) < 4.78 is 0. The highest BCUT2D eigenvalue weighted by molar-refractivity contribution is 6.03. The van der Waals surface area contributed by atoms with E-state index in [4.69, 9.17) is 0 Å². The summed E-state index contributed by atoms with van der Waals surface area (Å²) in [7, 11) is 0. The van der Waals surface area contributed by atoms with Crippen molar-refractivity contribution < 1.29 is 9.90 Å². The summed E-state index contributed by atoms with van der Waals surface area (Å²) in [5.41, 5.74) is 2.15. The number of aromatic nitrogens is 3. The van der Waals surface area contributed by atoms with E-state index in [-0.39, 0.29) is 17.4 Å². The van der Waals surface area contributed by atoms with Crippen molar-refractivity contribution in [3.8, 4) is 5.75 Å². The van der Waals surface area contributed by atoms with Crippen molar-refractivity contribution in [3.05, 3.63) is 35.2 Å². The maximum atomic E-state index is 11.7. The summed E-state index contributed by atoms with van der Waals surface area (Å²) in [6, 6.07) is 3.48. The second-order valence-corrected chi connectivity index (χ2v) is 3.71. The number of rotatable bonds is 2. The first-order valence-corrected chi connectivity index (χ1v) is 5.06. The Morgan fingerprint density at radius 1 is 1.41 bits per heavy atom. The summed E-state index contributed by atoms with van der Waals surface area (Å²) in [4.78, 5) is 11.7. The van der Waals surface area contributed by atoms with E-state index in [0.29, 0.717) is 11.3 Å². The van der Waals surface area contributed by atoms with Crippen LogP contribution in [-0.4, -0.2) is 26.4 Å². The molecule has 88 valence electrons. The first-order chi connectivity index (χ1) is 8.09. The van der Waals surface area contributed by atoms with Gasteiger partial charge in [0.15, 0.2) is 5.69 Å². The van der Waals surface area contributed by atoms with Crippen LogP contribution >= 0.6 is 0 Å². The Kier molecular flexibility index (Phi) is 2.78. The third kappa shape index (κ3) is 2.10. The van der Waals surface area contributed by atoms with Crippen LogP contribution in [0, 0.1) is 13.8 Å². The molecule has 0 saturated heterocycles. The molecule has 0 atom stereocenters. The molecular formula is C11H12N4O2. The number of nitrogens with one attached hydrogen (secondary N) is 2. The topological polar surface area (TPSA) is 90.9 Å². The van der Waals surface area contributed by atoms with Crippen LogP contribution in [0.25, 0.3) is 0 Å². The van der Waals surface area contributed by atoms with Gasteiger partial charge in [0.2, 0.25) is 0 Å². The number of aromatic hydroxyl groups is 1. The molecule has 1 amide bonds. The SMILES string of the molecule is Cc1ccc(NC(=O)c2cn[nH]n2)c(C)c1O. The van der Waals surface area contributed by atoms with Gasteiger partial charge in [-0.25, -0.2) is 0 Å². The van der Waals surface area contributed by atoms with Crippen LogP contribution in [0.4, 0.5) is 5.69 Å². The molecular weight excluding hydrogens is 220 g/mol. The fraction of sp³-hybridized carbons (Fsp3) is 0.182. The predicted octanol–water partition coefficient (Wildman–Crippen LogP) is 1.38. The van der Waals surface area contributed by atoms with Gasteiger partial charge in [-0.15, -0.1) is 0 Å². The molecule has 1 aromatic carbocycles. The lowest BCUT2D eigenvalue weighted by Gasteiger charge is -2.10. The van der Waals surface area contributed by atoms with E-state index < -0.39 is 0 Å². The van der Waals surface area contributed by atoms with Gasteiger partial charge in [0.1, 0.15) is 5.75 Å². The number of hydrogen-bond donors (Lipinski definition) is 3. The molecule has 3 N–H and O–H groups in total. The van der Waals surface area contributed by atoms with E-state index >= 15 is 0 Å². The number of anilines is 1. The van der Waals surface area contributed by atoms with Crippen LogP contribution in [0.15, 0.2) is 18.3 Å². The molecule has 0 aliphatic rings. The zero-order chi connectivity index (χ0) is 12.4. The number of phenols is 1. The molecule has 2 rings (SSSR count). The Hall–Kier alpha value is -2.37. The molecule has 0 fully saturated rings. The van der Waals surface area contributed by atoms with Crippen molar-refractivity contribution in [2.24, 2.45) is 0 Å². The van der Waals surface area contributed by atoms with Crippen molar-refractivity contribution in [1.82, 2.24) is 15.4 Å². The highest BCUT2D eigenvalue weighted by Crippen LogP contribution is 2.28. The van der Waals surface area contributed by atoms with Gasteiger partial charge >= 0.3 is 0 Å². The predicted molar refractivity (Wildman–Crippen MR) is 61.9 cm³/mol. The zero-order valence-corrected chi connectivity index (χ0v) is 9.48. The first kappa shape index (κ1) is 11.1. The number of amides is 1. The zero-order valence-electron chi connectivity index (χ0n) is 9.48. The quantitative estimate of drug-likeness (QED) is 0.729. The van der Waals surface area contributed by atoms with Gasteiger partial charge < -0.3 is 10.4 Å². The van der Waals surface area contributed by atoms with Gasteiger partial charge in [0.25, 0.3) is 5.91 Å². The number of carbonyl (C=O) groups is 1. The second kappa shape index (κ2) is 4.25. The number of phenolic OH excluding ortho intramolecular Hbond substituents is 1. The molecule has 0 saturated carbocycles. The van der Waals surface area contributed by atoms with E-state index in [1.807, 2.05) is 0 Å². The Labute approximate surface area is 97.7 Å². The average molecular weight is 232 g/mol. The van der Waals surface area contributed by atoms with Crippen molar-refractivity contribution >= 4 is 11.6 Å². The molecule has 17 heavy (non-hydrogen) atoms. The van der Waals surface area contributed by atoms with Gasteiger partial charge in [0.05, 0.1) is 6.20 Å². The van der Waals surface area contributed by atoms with Gasteiger partial charge in [-0.1, -0.05) is 6.07 Å². The molecule has 0 unspecified atom stereocenters. The molecule has 2 aromatic rings. The van der Waals surface area contributed by atoms with Crippen LogP contribution in [0.5, 0.6) is 5.75 Å². The normalized spacial score (nSPS) is 10.2. The highest BCUT2D eigenvalue weighted by atomic mass is 16.3. The summed E-state index contributed by atoms with van der Waals surface area (Å²) in [6.07, 6.45) is 1.33. The Balaban J connectivity index is 2.25. The minimum Gasteiger partial charge on any atom is -0.507 e. The summed E-state index contributed by atoms with van der Waals surface area (Å²) in [5, 5.41) is 22.0. The second-order valence-electron chi connectivity index (χ2n) is 3.71. The van der Waals surface area contributed by atoms with E-state index in [1.165, 1.54) is 6.20 Å². The lowest BCUT2D eigenvalue weighted by Crippen LogP contribution is -2.13. The van der Waals surface area contributed by atoms with Gasteiger partial charge in [-0.2, -0.15) is 15.4 Å². The molecule has 0 radical (unpaired) electrons. The fourth-order valence-corrected chi connectivity index (χ4v) is 1.47. The number of carbonyl (C=O) groups excluding carboxylic acids is 1. The van der Waals surface area contributed by atoms with Crippen molar-refractivity contribution in [2.45, 2.75) is 13.8 Å². The lowest BCUT2D eigenvalue weighted by atomic mass is 10.1. The monoisotopic (exact) mass is 232 g/mol. The molecule has 0 aliphatic heterocycles. The Morgan fingerprint density at radius 3 is 2.82 bits per heavy atom. The third-order valence-electron chi connectivity index (χ3n) is 2.53. The van der Waals surface area contributed by atoms with Crippen LogP contribution in [0.1, 0.15) is 21.6 Å². The molecule has 1 aromatic heterocycles. The van der Waals surface area contributed by atoms with Crippen molar-refractivity contribution in [3.63, 3.8) is 0 Å². The lowest BCUT2D eigenvalue weighted by molar-refractivity contribution is 0.102. The largest absolute Gasteiger partial charge is 0.507 e. The van der Waals surface area contributed by atoms with Crippen LogP contribution in [0.3, 0.4) is 0 Å². The average Bonchev–Trinajstić information content (AvgIpc) is 2.83. The maximum absolute atomic E-state index is 11.7. The number of nitrogens with zero attached hydrogens (tertiary/aromatic N) is 2. The number of aryl methyl sites for hydroxylation is 1. The number of aromatic amines is 1. The summed E-state index contributed by atoms with van der Waals surface area (Å²) >= 11 is 0. The van der Waals surface area contributed by atoms with E-state index in [1.54, 1.807) is 26.0 Å². The highest BCUT2D eigenvalue weighted by Gasteiger charge is 2.12. The minimum atomic E-state index is -0.370. The number of benzene rings is 1. The first-order valence-electron chi connectivity index (χ1n) is 5.06. The van der Waals surface area contributed by atoms with Crippen molar-refractivity contribution in [1.29, 1.82) is 0 Å². The maximum Gasteiger partial charge on any atom is 0.277 e. The number of hydrogen-bond acceptors (Lipinski definition) is 4. The van der Waals surface area contributed by atoms with E-state index in [9.17, 15) is 9.90 Å². The number of H-pyrrole nitrogens is 1. The smallest absolute Gasteiger partial charge is 0.277 e. The van der Waals surface area contributed by atoms with Crippen LogP contribution in [0.2, 0.25) is 0 Å². The molecule has 6 heteroatoms. The summed E-state index contributed by atoms with van der Waals surface area (Å²) in [6.45, 7) is 3.53. The molecule has 1 heterocycles. The van der Waals surface area contributed by atoms with Crippen LogP contribution < -0.4 is 5.32 Å². The van der Waals surface area contributed by atoms with Crippen molar-refractivity contribution in [2.75, 3.05) is 5.32 Å².